The number of allylic oxidation sites excluding steroid dienone is 1. The molecular weight excluding hydrogens is 248 g/mol. The second kappa shape index (κ2) is 7.34. The number of benzene rings is 1. The third-order valence-electron chi connectivity index (χ3n) is 2.78. The average Bonchev–Trinajstić information content (AvgIpc) is 2.48. The second-order valence-electron chi connectivity index (χ2n) is 4.44. The van der Waals surface area contributed by atoms with E-state index in [-0.39, 0.29) is 0 Å². The first-order valence-corrected chi connectivity index (χ1v) is 6.93. The molecule has 0 radical (unpaired) electrons. The quantitative estimate of drug-likeness (QED) is 0.822. The minimum Gasteiger partial charge on any atom is -0.457 e. The van der Waals surface area contributed by atoms with E-state index in [1.165, 1.54) is 0 Å². The summed E-state index contributed by atoms with van der Waals surface area (Å²) >= 11 is 0. The summed E-state index contributed by atoms with van der Waals surface area (Å²) in [5.74, 6) is 2.47. The molecule has 3 nitrogen and oxygen atoms in total. The van der Waals surface area contributed by atoms with Crippen LogP contribution in [0.4, 0.5) is 5.82 Å². The number of aromatic nitrogens is 1. The van der Waals surface area contributed by atoms with Crippen molar-refractivity contribution in [3.8, 4) is 11.5 Å². The molecule has 1 heterocycles. The van der Waals surface area contributed by atoms with Crippen LogP contribution in [-0.4, -0.2) is 11.5 Å². The fourth-order valence-corrected chi connectivity index (χ4v) is 1.84. The lowest BCUT2D eigenvalue weighted by atomic mass is 10.2. The largest absolute Gasteiger partial charge is 0.457 e. The Morgan fingerprint density at radius 3 is 2.90 bits per heavy atom. The van der Waals surface area contributed by atoms with Crippen molar-refractivity contribution in [3.05, 3.63) is 54.2 Å². The normalized spacial score (nSPS) is 10.7. The fourth-order valence-electron chi connectivity index (χ4n) is 1.84. The van der Waals surface area contributed by atoms with Crippen molar-refractivity contribution in [1.29, 1.82) is 0 Å². The molecule has 0 saturated heterocycles. The van der Waals surface area contributed by atoms with Crippen molar-refractivity contribution in [1.82, 2.24) is 4.98 Å². The molecule has 3 heteroatoms. The number of pyridine rings is 1. The maximum atomic E-state index is 5.95. The van der Waals surface area contributed by atoms with E-state index in [0.717, 1.165) is 35.8 Å². The van der Waals surface area contributed by atoms with Gasteiger partial charge in [0.25, 0.3) is 0 Å². The Morgan fingerprint density at radius 2 is 2.10 bits per heavy atom. The van der Waals surface area contributed by atoms with Crippen LogP contribution in [0.3, 0.4) is 0 Å². The molecular formula is C17H20N2O. The molecule has 1 aromatic heterocycles. The summed E-state index contributed by atoms with van der Waals surface area (Å²) in [6.07, 6.45) is 6.86. The standard InChI is InChI=1S/C17H20N2O/c1-3-7-14-8-5-6-9-16(14)20-15-10-12-19-17(13-15)18-11-4-2/h3,5-10,12-13H,4,11H2,1-2H3,(H,18,19)/b7-3+. The van der Waals surface area contributed by atoms with Crippen LogP contribution < -0.4 is 10.1 Å². The van der Waals surface area contributed by atoms with Gasteiger partial charge in [-0.3, -0.25) is 0 Å². The molecule has 0 saturated carbocycles. The van der Waals surface area contributed by atoms with Crippen molar-refractivity contribution in [2.24, 2.45) is 0 Å². The molecule has 104 valence electrons. The SMILES string of the molecule is C/C=C/c1ccccc1Oc1ccnc(NCCC)c1. The lowest BCUT2D eigenvalue weighted by Gasteiger charge is -2.10. The smallest absolute Gasteiger partial charge is 0.134 e. The second-order valence-corrected chi connectivity index (χ2v) is 4.44. The van der Waals surface area contributed by atoms with Crippen LogP contribution in [0.25, 0.3) is 6.08 Å². The topological polar surface area (TPSA) is 34.1 Å². The molecule has 0 unspecified atom stereocenters. The number of hydrogen-bond acceptors (Lipinski definition) is 3. The lowest BCUT2D eigenvalue weighted by molar-refractivity contribution is 0.481. The van der Waals surface area contributed by atoms with E-state index in [2.05, 4.69) is 17.2 Å². The molecule has 20 heavy (non-hydrogen) atoms. The van der Waals surface area contributed by atoms with Gasteiger partial charge in [0.15, 0.2) is 0 Å². The molecule has 0 fully saturated rings. The summed E-state index contributed by atoms with van der Waals surface area (Å²) in [6.45, 7) is 5.03. The third kappa shape index (κ3) is 3.85. The average molecular weight is 268 g/mol. The molecule has 0 aliphatic heterocycles. The van der Waals surface area contributed by atoms with Gasteiger partial charge in [0, 0.05) is 24.4 Å². The zero-order valence-corrected chi connectivity index (χ0v) is 12.0. The summed E-state index contributed by atoms with van der Waals surface area (Å²) in [4.78, 5) is 4.27. The van der Waals surface area contributed by atoms with Gasteiger partial charge in [0.05, 0.1) is 0 Å². The van der Waals surface area contributed by atoms with Gasteiger partial charge in [0.2, 0.25) is 0 Å². The first-order chi connectivity index (χ1) is 9.83. The molecule has 0 atom stereocenters. The summed E-state index contributed by atoms with van der Waals surface area (Å²) < 4.78 is 5.95. The maximum absolute atomic E-state index is 5.95. The number of ether oxygens (including phenoxy) is 1. The number of para-hydroxylation sites is 1. The van der Waals surface area contributed by atoms with Crippen molar-refractivity contribution in [2.75, 3.05) is 11.9 Å². The summed E-state index contributed by atoms with van der Waals surface area (Å²) in [5, 5.41) is 3.26. The van der Waals surface area contributed by atoms with E-state index < -0.39 is 0 Å². The number of anilines is 1. The van der Waals surface area contributed by atoms with Crippen LogP contribution in [0.2, 0.25) is 0 Å². The van der Waals surface area contributed by atoms with Crippen molar-refractivity contribution < 1.29 is 4.74 Å². The van der Waals surface area contributed by atoms with Crippen LogP contribution in [0.5, 0.6) is 11.5 Å². The minimum absolute atomic E-state index is 0.788. The molecule has 0 amide bonds. The molecule has 2 rings (SSSR count). The summed E-state index contributed by atoms with van der Waals surface area (Å²) in [5.41, 5.74) is 1.06. The van der Waals surface area contributed by atoms with E-state index in [4.69, 9.17) is 4.74 Å². The predicted octanol–water partition coefficient (Wildman–Crippen LogP) is 4.73. The molecule has 2 aromatic rings. The Hall–Kier alpha value is -2.29. The molecule has 0 spiro atoms. The van der Waals surface area contributed by atoms with Gasteiger partial charge in [0.1, 0.15) is 17.3 Å². The first kappa shape index (κ1) is 14.1. The van der Waals surface area contributed by atoms with E-state index >= 15 is 0 Å². The Balaban J connectivity index is 2.17. The molecule has 1 N–H and O–H groups in total. The van der Waals surface area contributed by atoms with E-state index in [9.17, 15) is 0 Å². The highest BCUT2D eigenvalue weighted by Crippen LogP contribution is 2.27. The van der Waals surface area contributed by atoms with Gasteiger partial charge in [-0.25, -0.2) is 4.98 Å². The Bertz CT molecular complexity index is 579. The first-order valence-electron chi connectivity index (χ1n) is 6.93. The maximum Gasteiger partial charge on any atom is 0.134 e. The molecule has 0 aliphatic carbocycles. The highest BCUT2D eigenvalue weighted by Gasteiger charge is 2.03. The Labute approximate surface area is 120 Å². The van der Waals surface area contributed by atoms with E-state index in [1.807, 2.05) is 55.5 Å². The molecule has 0 bridgehead atoms. The summed E-state index contributed by atoms with van der Waals surface area (Å²) in [6, 6.07) is 11.8. The van der Waals surface area contributed by atoms with E-state index in [1.54, 1.807) is 6.20 Å². The Morgan fingerprint density at radius 1 is 1.25 bits per heavy atom. The zero-order valence-electron chi connectivity index (χ0n) is 12.0. The van der Waals surface area contributed by atoms with Crippen molar-refractivity contribution >= 4 is 11.9 Å². The van der Waals surface area contributed by atoms with Crippen molar-refractivity contribution in [3.63, 3.8) is 0 Å². The van der Waals surface area contributed by atoms with Crippen molar-refractivity contribution in [2.45, 2.75) is 20.3 Å². The number of nitrogens with one attached hydrogen (secondary N) is 1. The van der Waals surface area contributed by atoms with Gasteiger partial charge in [-0.05, 0) is 25.5 Å². The van der Waals surface area contributed by atoms with Gasteiger partial charge in [-0.15, -0.1) is 0 Å². The monoisotopic (exact) mass is 268 g/mol. The van der Waals surface area contributed by atoms with Gasteiger partial charge in [-0.1, -0.05) is 37.3 Å². The number of rotatable bonds is 6. The van der Waals surface area contributed by atoms with Crippen LogP contribution in [0.1, 0.15) is 25.8 Å². The minimum atomic E-state index is 0.788. The fraction of sp³-hybridized carbons (Fsp3) is 0.235. The van der Waals surface area contributed by atoms with Crippen LogP contribution in [0, 0.1) is 0 Å². The van der Waals surface area contributed by atoms with Crippen LogP contribution in [-0.2, 0) is 0 Å². The van der Waals surface area contributed by atoms with E-state index in [0.29, 0.717) is 0 Å². The molecule has 0 aliphatic rings. The highest BCUT2D eigenvalue weighted by atomic mass is 16.5. The lowest BCUT2D eigenvalue weighted by Crippen LogP contribution is -2.01. The predicted molar refractivity (Wildman–Crippen MR) is 84.2 cm³/mol. The summed E-state index contributed by atoms with van der Waals surface area (Å²) in [7, 11) is 0. The number of hydrogen-bond donors (Lipinski definition) is 1. The van der Waals surface area contributed by atoms with Gasteiger partial charge < -0.3 is 10.1 Å². The van der Waals surface area contributed by atoms with Gasteiger partial charge >= 0.3 is 0 Å². The molecule has 1 aromatic carbocycles. The Kier molecular flexibility index (Phi) is 5.18. The highest BCUT2D eigenvalue weighted by molar-refractivity contribution is 5.58. The zero-order chi connectivity index (χ0) is 14.2. The van der Waals surface area contributed by atoms with Crippen LogP contribution >= 0.6 is 0 Å². The van der Waals surface area contributed by atoms with Crippen LogP contribution in [0.15, 0.2) is 48.7 Å². The van der Waals surface area contributed by atoms with Gasteiger partial charge in [-0.2, -0.15) is 0 Å². The third-order valence-corrected chi connectivity index (χ3v) is 2.78. The number of nitrogens with zero attached hydrogens (tertiary/aromatic N) is 1.